The SMILES string of the molecule is COc1ccc(S(=O)(=O)N2CCC(C(=O)N3CCCC(C(=O)O)C3)CC2)cc1. The summed E-state index contributed by atoms with van der Waals surface area (Å²) in [7, 11) is -2.09. The van der Waals surface area contributed by atoms with E-state index in [1.54, 1.807) is 17.0 Å². The molecular weight excluding hydrogens is 384 g/mol. The monoisotopic (exact) mass is 410 g/mol. The zero-order chi connectivity index (χ0) is 20.3. The summed E-state index contributed by atoms with van der Waals surface area (Å²) in [5.74, 6) is -1.09. The first-order chi connectivity index (χ1) is 13.3. The highest BCUT2D eigenvalue weighted by molar-refractivity contribution is 7.89. The van der Waals surface area contributed by atoms with Gasteiger partial charge in [-0.2, -0.15) is 4.31 Å². The van der Waals surface area contributed by atoms with Crippen LogP contribution in [0.4, 0.5) is 0 Å². The Balaban J connectivity index is 1.60. The van der Waals surface area contributed by atoms with Crippen LogP contribution in [0, 0.1) is 11.8 Å². The molecule has 0 bridgehead atoms. The summed E-state index contributed by atoms with van der Waals surface area (Å²) in [6.45, 7) is 1.38. The van der Waals surface area contributed by atoms with E-state index in [1.807, 2.05) is 0 Å². The van der Waals surface area contributed by atoms with Crippen molar-refractivity contribution in [2.75, 3.05) is 33.3 Å². The van der Waals surface area contributed by atoms with Gasteiger partial charge in [0.05, 0.1) is 17.9 Å². The molecule has 0 saturated carbocycles. The lowest BCUT2D eigenvalue weighted by Crippen LogP contribution is -2.48. The zero-order valence-corrected chi connectivity index (χ0v) is 16.7. The summed E-state index contributed by atoms with van der Waals surface area (Å²) in [4.78, 5) is 25.8. The minimum absolute atomic E-state index is 0.0487. The van der Waals surface area contributed by atoms with E-state index >= 15 is 0 Å². The first-order valence-corrected chi connectivity index (χ1v) is 10.9. The Bertz CT molecular complexity index is 815. The van der Waals surface area contributed by atoms with E-state index in [0.717, 1.165) is 0 Å². The van der Waals surface area contributed by atoms with Crippen molar-refractivity contribution in [1.82, 2.24) is 9.21 Å². The Labute approximate surface area is 165 Å². The van der Waals surface area contributed by atoms with Crippen LogP contribution in [0.1, 0.15) is 25.7 Å². The molecule has 3 rings (SSSR count). The van der Waals surface area contributed by atoms with Crippen LogP contribution in [0.3, 0.4) is 0 Å². The Morgan fingerprint density at radius 3 is 2.25 bits per heavy atom. The number of amides is 1. The number of rotatable bonds is 5. The van der Waals surface area contributed by atoms with Gasteiger partial charge in [0.1, 0.15) is 5.75 Å². The first-order valence-electron chi connectivity index (χ1n) is 9.48. The van der Waals surface area contributed by atoms with Gasteiger partial charge in [0.15, 0.2) is 0 Å². The molecule has 8 nitrogen and oxygen atoms in total. The van der Waals surface area contributed by atoms with E-state index in [4.69, 9.17) is 4.74 Å². The third kappa shape index (κ3) is 4.30. The van der Waals surface area contributed by atoms with E-state index in [2.05, 4.69) is 0 Å². The van der Waals surface area contributed by atoms with Crippen LogP contribution >= 0.6 is 0 Å². The number of aliphatic carboxylic acids is 1. The highest BCUT2D eigenvalue weighted by Gasteiger charge is 2.36. The van der Waals surface area contributed by atoms with Gasteiger partial charge in [-0.15, -0.1) is 0 Å². The molecule has 1 aromatic carbocycles. The van der Waals surface area contributed by atoms with Gasteiger partial charge in [0.25, 0.3) is 0 Å². The van der Waals surface area contributed by atoms with Crippen LogP contribution in [0.2, 0.25) is 0 Å². The number of carboxylic acids is 1. The summed E-state index contributed by atoms with van der Waals surface area (Å²) in [5.41, 5.74) is 0. The highest BCUT2D eigenvalue weighted by Crippen LogP contribution is 2.27. The van der Waals surface area contributed by atoms with Gasteiger partial charge in [-0.25, -0.2) is 8.42 Å². The number of hydrogen-bond acceptors (Lipinski definition) is 5. The van der Waals surface area contributed by atoms with E-state index in [9.17, 15) is 23.1 Å². The third-order valence-electron chi connectivity index (χ3n) is 5.58. The van der Waals surface area contributed by atoms with Crippen molar-refractivity contribution in [3.8, 4) is 5.75 Å². The van der Waals surface area contributed by atoms with Gasteiger partial charge in [0.2, 0.25) is 15.9 Å². The van der Waals surface area contributed by atoms with Crippen molar-refractivity contribution in [1.29, 1.82) is 0 Å². The number of nitrogens with zero attached hydrogens (tertiary/aromatic N) is 2. The first kappa shape index (κ1) is 20.6. The molecule has 1 amide bonds. The molecule has 2 heterocycles. The van der Waals surface area contributed by atoms with Crippen molar-refractivity contribution >= 4 is 21.9 Å². The number of carboxylic acid groups (broad SMARTS) is 1. The summed E-state index contributed by atoms with van der Waals surface area (Å²) < 4.78 is 32.1. The average Bonchev–Trinajstić information content (AvgIpc) is 2.73. The molecule has 1 atom stereocenters. The van der Waals surface area contributed by atoms with Gasteiger partial charge in [-0.05, 0) is 49.9 Å². The fourth-order valence-electron chi connectivity index (χ4n) is 3.88. The lowest BCUT2D eigenvalue weighted by atomic mass is 9.93. The maximum absolute atomic E-state index is 12.8. The Hall–Kier alpha value is -2.13. The topological polar surface area (TPSA) is 104 Å². The molecular formula is C19H26N2O6S. The number of carbonyl (C=O) groups excluding carboxylic acids is 1. The number of hydrogen-bond donors (Lipinski definition) is 1. The van der Waals surface area contributed by atoms with Crippen molar-refractivity contribution in [3.63, 3.8) is 0 Å². The molecule has 2 aliphatic rings. The molecule has 2 fully saturated rings. The predicted molar refractivity (Wildman–Crippen MR) is 101 cm³/mol. The molecule has 28 heavy (non-hydrogen) atoms. The smallest absolute Gasteiger partial charge is 0.308 e. The maximum Gasteiger partial charge on any atom is 0.308 e. The van der Waals surface area contributed by atoms with Gasteiger partial charge in [0, 0.05) is 32.1 Å². The molecule has 2 saturated heterocycles. The summed E-state index contributed by atoms with van der Waals surface area (Å²) in [6, 6.07) is 6.26. The number of carbonyl (C=O) groups is 2. The second-order valence-corrected chi connectivity index (χ2v) is 9.25. The van der Waals surface area contributed by atoms with E-state index in [0.29, 0.717) is 38.0 Å². The number of likely N-dealkylation sites (tertiary alicyclic amines) is 1. The van der Waals surface area contributed by atoms with Gasteiger partial charge >= 0.3 is 5.97 Å². The van der Waals surface area contributed by atoms with Gasteiger partial charge < -0.3 is 14.7 Å². The molecule has 154 valence electrons. The number of benzene rings is 1. The lowest BCUT2D eigenvalue weighted by molar-refractivity contribution is -0.147. The lowest BCUT2D eigenvalue weighted by Gasteiger charge is -2.36. The third-order valence-corrected chi connectivity index (χ3v) is 7.50. The quantitative estimate of drug-likeness (QED) is 0.787. The molecule has 0 radical (unpaired) electrons. The van der Waals surface area contributed by atoms with E-state index < -0.39 is 21.9 Å². The molecule has 1 N–H and O–H groups in total. The molecule has 0 aromatic heterocycles. The molecule has 2 aliphatic heterocycles. The van der Waals surface area contributed by atoms with Crippen LogP contribution in [-0.4, -0.2) is 67.9 Å². The van der Waals surface area contributed by atoms with Crippen LogP contribution in [0.5, 0.6) is 5.75 Å². The fraction of sp³-hybridized carbons (Fsp3) is 0.579. The Morgan fingerprint density at radius 1 is 1.04 bits per heavy atom. The number of ether oxygens (including phenoxy) is 1. The van der Waals surface area contributed by atoms with E-state index in [-0.39, 0.29) is 36.4 Å². The Morgan fingerprint density at radius 2 is 1.68 bits per heavy atom. The largest absolute Gasteiger partial charge is 0.497 e. The van der Waals surface area contributed by atoms with Crippen molar-refractivity contribution in [2.24, 2.45) is 11.8 Å². The number of piperidine rings is 2. The van der Waals surface area contributed by atoms with Crippen molar-refractivity contribution in [2.45, 2.75) is 30.6 Å². The second kappa shape index (κ2) is 8.48. The second-order valence-electron chi connectivity index (χ2n) is 7.32. The minimum Gasteiger partial charge on any atom is -0.497 e. The molecule has 1 aromatic rings. The van der Waals surface area contributed by atoms with E-state index in [1.165, 1.54) is 23.5 Å². The normalized spacial score (nSPS) is 22.0. The standard InChI is InChI=1S/C19H26N2O6S/c1-27-16-4-6-17(7-5-16)28(25,26)21-11-8-14(9-12-21)18(22)20-10-2-3-15(13-20)19(23)24/h4-7,14-15H,2-3,8-13H2,1H3,(H,23,24). The fourth-order valence-corrected chi connectivity index (χ4v) is 5.35. The average molecular weight is 410 g/mol. The summed E-state index contributed by atoms with van der Waals surface area (Å²) >= 11 is 0. The number of sulfonamides is 1. The zero-order valence-electron chi connectivity index (χ0n) is 15.9. The molecule has 1 unspecified atom stereocenters. The van der Waals surface area contributed by atoms with Crippen LogP contribution in [0.25, 0.3) is 0 Å². The Kier molecular flexibility index (Phi) is 6.24. The predicted octanol–water partition coefficient (Wildman–Crippen LogP) is 1.42. The highest BCUT2D eigenvalue weighted by atomic mass is 32.2. The minimum atomic E-state index is -3.61. The van der Waals surface area contributed by atoms with Gasteiger partial charge in [-0.1, -0.05) is 0 Å². The van der Waals surface area contributed by atoms with Crippen LogP contribution in [0.15, 0.2) is 29.2 Å². The number of methoxy groups -OCH3 is 1. The summed E-state index contributed by atoms with van der Waals surface area (Å²) in [5, 5.41) is 9.19. The molecule has 0 aliphatic carbocycles. The van der Waals surface area contributed by atoms with Crippen LogP contribution in [-0.2, 0) is 19.6 Å². The van der Waals surface area contributed by atoms with Crippen molar-refractivity contribution in [3.05, 3.63) is 24.3 Å². The molecule has 0 spiro atoms. The summed E-state index contributed by atoms with van der Waals surface area (Å²) in [6.07, 6.45) is 2.18. The van der Waals surface area contributed by atoms with Gasteiger partial charge in [-0.3, -0.25) is 9.59 Å². The maximum atomic E-state index is 12.8. The van der Waals surface area contributed by atoms with Crippen molar-refractivity contribution < 1.29 is 27.9 Å². The molecule has 9 heteroatoms. The van der Waals surface area contributed by atoms with Crippen LogP contribution < -0.4 is 4.74 Å².